The Labute approximate surface area is 165 Å². The van der Waals surface area contributed by atoms with Gasteiger partial charge in [-0.15, -0.1) is 0 Å². The van der Waals surface area contributed by atoms with Crippen molar-refractivity contribution in [2.75, 3.05) is 26.2 Å². The van der Waals surface area contributed by atoms with Crippen LogP contribution in [0, 0.1) is 5.92 Å². The Morgan fingerprint density at radius 2 is 1.96 bits per heavy atom. The number of hydrogen-bond donors (Lipinski definition) is 1. The largest absolute Gasteiger partial charge is 0.354 e. The third kappa shape index (κ3) is 4.18. The Kier molecular flexibility index (Phi) is 6.05. The smallest absolute Gasteiger partial charge is 0.242 e. The van der Waals surface area contributed by atoms with E-state index in [9.17, 15) is 9.59 Å². The summed E-state index contributed by atoms with van der Waals surface area (Å²) in [5.74, 6) is 0.386. The summed E-state index contributed by atoms with van der Waals surface area (Å²) in [5, 5.41) is 6.34. The minimum absolute atomic E-state index is 0.0236. The molecule has 1 saturated heterocycles. The van der Waals surface area contributed by atoms with E-state index in [1.807, 2.05) is 4.90 Å². The van der Waals surface area contributed by atoms with Crippen molar-refractivity contribution in [3.8, 4) is 0 Å². The highest BCUT2D eigenvalue weighted by Crippen LogP contribution is 2.31. The van der Waals surface area contributed by atoms with Crippen LogP contribution in [0.4, 0.5) is 0 Å². The molecule has 0 aromatic carbocycles. The molecule has 27 heavy (non-hydrogen) atoms. The fourth-order valence-electron chi connectivity index (χ4n) is 4.65. The molecule has 0 unspecified atom stereocenters. The van der Waals surface area contributed by atoms with Crippen LogP contribution in [0.1, 0.15) is 57.8 Å². The van der Waals surface area contributed by atoms with Gasteiger partial charge in [-0.05, 0) is 37.5 Å². The summed E-state index contributed by atoms with van der Waals surface area (Å²) >= 11 is 1.69. The Hall–Kier alpha value is -1.50. The number of nitrogens with zero attached hydrogens (tertiary/aromatic N) is 3. The Morgan fingerprint density at radius 3 is 2.81 bits per heavy atom. The zero-order valence-corrected chi connectivity index (χ0v) is 16.8. The fourth-order valence-corrected chi connectivity index (χ4v) is 5.64. The summed E-state index contributed by atoms with van der Waals surface area (Å²) < 4.78 is 0. The summed E-state index contributed by atoms with van der Waals surface area (Å²) in [5.41, 5.74) is 1.25. The Balaban J connectivity index is 1.27. The minimum atomic E-state index is -0.265. The lowest BCUT2D eigenvalue weighted by atomic mass is 9.88. The lowest BCUT2D eigenvalue weighted by Crippen LogP contribution is -2.48. The van der Waals surface area contributed by atoms with E-state index in [4.69, 9.17) is 0 Å². The van der Waals surface area contributed by atoms with Crippen molar-refractivity contribution in [3.63, 3.8) is 0 Å². The molecule has 0 bridgehead atoms. The number of thioether (sulfide) groups is 1. The lowest BCUT2D eigenvalue weighted by molar-refractivity contribution is -0.142. The summed E-state index contributed by atoms with van der Waals surface area (Å²) in [6.07, 6.45) is 9.18. The van der Waals surface area contributed by atoms with Crippen molar-refractivity contribution in [2.45, 2.75) is 63.8 Å². The Morgan fingerprint density at radius 1 is 1.11 bits per heavy atom. The van der Waals surface area contributed by atoms with Gasteiger partial charge in [-0.2, -0.15) is 0 Å². The topological polar surface area (TPSA) is 65.0 Å². The number of hydrogen-bond acceptors (Lipinski definition) is 5. The highest BCUT2D eigenvalue weighted by atomic mass is 32.2. The van der Waals surface area contributed by atoms with Gasteiger partial charge in [-0.1, -0.05) is 31.0 Å². The predicted molar refractivity (Wildman–Crippen MR) is 108 cm³/mol. The maximum absolute atomic E-state index is 12.9. The van der Waals surface area contributed by atoms with Crippen molar-refractivity contribution in [1.82, 2.24) is 15.1 Å². The predicted octanol–water partition coefficient (Wildman–Crippen LogP) is 2.71. The molecule has 1 saturated carbocycles. The highest BCUT2D eigenvalue weighted by Gasteiger charge is 2.37. The minimum Gasteiger partial charge on any atom is -0.354 e. The van der Waals surface area contributed by atoms with Gasteiger partial charge in [0, 0.05) is 44.2 Å². The fraction of sp³-hybridized carbons (Fsp3) is 0.750. The second-order valence-electron chi connectivity index (χ2n) is 7.96. The van der Waals surface area contributed by atoms with E-state index >= 15 is 0 Å². The summed E-state index contributed by atoms with van der Waals surface area (Å²) in [7, 11) is 0. The molecule has 7 heteroatoms. The van der Waals surface area contributed by atoms with Crippen LogP contribution in [0.3, 0.4) is 0 Å². The standard InChI is InChI=1S/C20H30N4O2S/c25-18(21-11-9-16-14-27-20-22-10-5-13-23(16)20)17-8-4-12-24(17)19(26)15-6-2-1-3-7-15/h14-15,17H,1-13H2,(H,21,25)/t17-/m1/s1. The molecular weight excluding hydrogens is 360 g/mol. The monoisotopic (exact) mass is 390 g/mol. The normalized spacial score (nSPS) is 25.9. The van der Waals surface area contributed by atoms with Gasteiger partial charge in [-0.25, -0.2) is 0 Å². The van der Waals surface area contributed by atoms with Gasteiger partial charge in [0.05, 0.1) is 0 Å². The molecule has 1 atom stereocenters. The highest BCUT2D eigenvalue weighted by molar-refractivity contribution is 8.16. The van der Waals surface area contributed by atoms with E-state index in [1.54, 1.807) is 11.8 Å². The first kappa shape index (κ1) is 18.8. The molecule has 2 amide bonds. The van der Waals surface area contributed by atoms with E-state index in [1.165, 1.54) is 12.1 Å². The molecule has 148 valence electrons. The zero-order chi connectivity index (χ0) is 18.6. The van der Waals surface area contributed by atoms with Crippen molar-refractivity contribution >= 4 is 28.7 Å². The number of amidine groups is 1. The van der Waals surface area contributed by atoms with Crippen molar-refractivity contribution in [2.24, 2.45) is 10.9 Å². The van der Waals surface area contributed by atoms with E-state index < -0.39 is 0 Å². The lowest BCUT2D eigenvalue weighted by Gasteiger charge is -2.30. The van der Waals surface area contributed by atoms with E-state index in [0.717, 1.165) is 76.2 Å². The summed E-state index contributed by atoms with van der Waals surface area (Å²) in [6.45, 7) is 3.31. The summed E-state index contributed by atoms with van der Waals surface area (Å²) in [6, 6.07) is -0.265. The number of fused-ring (bicyclic) bond motifs is 1. The molecule has 4 aliphatic rings. The van der Waals surface area contributed by atoms with Crippen molar-refractivity contribution < 1.29 is 9.59 Å². The van der Waals surface area contributed by atoms with E-state index in [0.29, 0.717) is 6.54 Å². The number of likely N-dealkylation sites (tertiary alicyclic amines) is 1. The van der Waals surface area contributed by atoms with Gasteiger partial charge < -0.3 is 15.1 Å². The molecule has 0 spiro atoms. The van der Waals surface area contributed by atoms with Gasteiger partial charge in [0.25, 0.3) is 0 Å². The van der Waals surface area contributed by atoms with Crippen LogP contribution in [-0.2, 0) is 9.59 Å². The van der Waals surface area contributed by atoms with Crippen molar-refractivity contribution in [1.29, 1.82) is 0 Å². The van der Waals surface area contributed by atoms with Crippen molar-refractivity contribution in [3.05, 3.63) is 11.1 Å². The van der Waals surface area contributed by atoms with E-state index in [2.05, 4.69) is 20.6 Å². The molecular formula is C20H30N4O2S. The Bertz CT molecular complexity index is 642. The number of aliphatic imine (C=N–C) groups is 1. The molecule has 3 heterocycles. The maximum atomic E-state index is 12.9. The number of carbonyl (C=O) groups excluding carboxylic acids is 2. The van der Waals surface area contributed by atoms with E-state index in [-0.39, 0.29) is 23.8 Å². The average Bonchev–Trinajstić information content (AvgIpc) is 3.36. The molecule has 1 N–H and O–H groups in total. The third-order valence-electron chi connectivity index (χ3n) is 6.14. The van der Waals surface area contributed by atoms with Gasteiger partial charge >= 0.3 is 0 Å². The number of carbonyl (C=O) groups is 2. The first-order chi connectivity index (χ1) is 13.2. The molecule has 1 aliphatic carbocycles. The van der Waals surface area contributed by atoms with Gasteiger partial charge in [0.2, 0.25) is 11.8 Å². The maximum Gasteiger partial charge on any atom is 0.242 e. The molecule has 4 rings (SSSR count). The first-order valence-corrected chi connectivity index (χ1v) is 11.4. The number of amides is 2. The van der Waals surface area contributed by atoms with Crippen LogP contribution >= 0.6 is 11.8 Å². The molecule has 2 fully saturated rings. The number of rotatable bonds is 5. The second-order valence-corrected chi connectivity index (χ2v) is 8.80. The number of nitrogens with one attached hydrogen (secondary N) is 1. The first-order valence-electron chi connectivity index (χ1n) is 10.5. The second kappa shape index (κ2) is 8.67. The van der Waals surface area contributed by atoms with Gasteiger partial charge in [0.15, 0.2) is 5.17 Å². The van der Waals surface area contributed by atoms with Crippen LogP contribution in [0.15, 0.2) is 16.1 Å². The zero-order valence-electron chi connectivity index (χ0n) is 16.0. The van der Waals surface area contributed by atoms with Gasteiger partial charge in [-0.3, -0.25) is 14.6 Å². The van der Waals surface area contributed by atoms with Crippen LogP contribution in [0.5, 0.6) is 0 Å². The summed E-state index contributed by atoms with van der Waals surface area (Å²) in [4.78, 5) is 34.3. The average molecular weight is 391 g/mol. The molecule has 0 radical (unpaired) electrons. The van der Waals surface area contributed by atoms with Gasteiger partial charge in [0.1, 0.15) is 6.04 Å². The van der Waals surface area contributed by atoms with Crippen LogP contribution in [0.2, 0.25) is 0 Å². The molecule has 3 aliphatic heterocycles. The quantitative estimate of drug-likeness (QED) is 0.784. The van der Waals surface area contributed by atoms with Crippen LogP contribution in [0.25, 0.3) is 0 Å². The molecule has 0 aromatic rings. The molecule has 0 aromatic heterocycles. The van der Waals surface area contributed by atoms with Crippen LogP contribution < -0.4 is 5.32 Å². The third-order valence-corrected chi connectivity index (χ3v) is 7.09. The SMILES string of the molecule is O=C(NCCC1=CSC2=NCCCN12)[C@H]1CCCN1C(=O)C1CCCCC1. The van der Waals surface area contributed by atoms with Crippen LogP contribution in [-0.4, -0.2) is 59.0 Å². The molecule has 6 nitrogen and oxygen atoms in total.